The summed E-state index contributed by atoms with van der Waals surface area (Å²) in [5.41, 5.74) is 1.02. The Hall–Kier alpha value is -3.24. The van der Waals surface area contributed by atoms with Gasteiger partial charge in [-0.1, -0.05) is 12.1 Å². The average Bonchev–Trinajstić information content (AvgIpc) is 2.71. The van der Waals surface area contributed by atoms with Crippen molar-refractivity contribution in [3.8, 4) is 0 Å². The molecule has 3 rings (SSSR count). The second-order valence-corrected chi connectivity index (χ2v) is 7.44. The Labute approximate surface area is 155 Å². The van der Waals surface area contributed by atoms with E-state index in [0.717, 1.165) is 0 Å². The van der Waals surface area contributed by atoms with Crippen LogP contribution in [0.25, 0.3) is 0 Å². The summed E-state index contributed by atoms with van der Waals surface area (Å²) in [6.45, 7) is 0. The van der Waals surface area contributed by atoms with Gasteiger partial charge in [-0.25, -0.2) is 13.6 Å². The van der Waals surface area contributed by atoms with Crippen LogP contribution in [0.2, 0.25) is 0 Å². The topological polar surface area (TPSA) is 147 Å². The third-order valence-corrected chi connectivity index (χ3v) is 4.84. The van der Waals surface area contributed by atoms with Crippen LogP contribution in [-0.2, 0) is 19.6 Å². The molecule has 0 fully saturated rings. The number of hydrogen-bond acceptors (Lipinski definition) is 5. The van der Waals surface area contributed by atoms with Crippen LogP contribution in [0.15, 0.2) is 53.4 Å². The number of amides is 3. The number of hydrogen-bond donors (Lipinski definition) is 4. The Morgan fingerprint density at radius 1 is 1.07 bits per heavy atom. The molecule has 0 bridgehead atoms. The fourth-order valence-electron chi connectivity index (χ4n) is 2.58. The molecule has 1 aliphatic heterocycles. The first-order chi connectivity index (χ1) is 12.7. The summed E-state index contributed by atoms with van der Waals surface area (Å²) in [4.78, 5) is 36.6. The lowest BCUT2D eigenvalue weighted by Crippen LogP contribution is -2.43. The van der Waals surface area contributed by atoms with Gasteiger partial charge < -0.3 is 16.0 Å². The summed E-state index contributed by atoms with van der Waals surface area (Å²) in [5.74, 6) is -1.49. The summed E-state index contributed by atoms with van der Waals surface area (Å²) in [6, 6.07) is 10.7. The maximum atomic E-state index is 12.3. The molecule has 0 radical (unpaired) electrons. The monoisotopic (exact) mass is 388 g/mol. The minimum atomic E-state index is -3.83. The number of nitrogens with one attached hydrogen (secondary N) is 3. The molecule has 5 N–H and O–H groups in total. The molecule has 3 amide bonds. The number of sulfonamides is 1. The van der Waals surface area contributed by atoms with Gasteiger partial charge in [-0.05, 0) is 36.4 Å². The molecule has 0 aliphatic carbocycles. The first kappa shape index (κ1) is 18.5. The highest BCUT2D eigenvalue weighted by Gasteiger charge is 2.29. The molecule has 0 aromatic heterocycles. The number of para-hydroxylation sites is 1. The Balaban J connectivity index is 1.67. The molecule has 1 heterocycles. The highest BCUT2D eigenvalue weighted by atomic mass is 32.2. The van der Waals surface area contributed by atoms with E-state index >= 15 is 0 Å². The van der Waals surface area contributed by atoms with Crippen molar-refractivity contribution >= 4 is 39.1 Å². The van der Waals surface area contributed by atoms with Gasteiger partial charge in [0.05, 0.1) is 22.6 Å². The van der Waals surface area contributed by atoms with Crippen molar-refractivity contribution in [2.75, 3.05) is 10.6 Å². The average molecular weight is 388 g/mol. The molecule has 0 saturated carbocycles. The summed E-state index contributed by atoms with van der Waals surface area (Å²) in [5, 5.41) is 12.7. The zero-order valence-electron chi connectivity index (χ0n) is 13.9. The van der Waals surface area contributed by atoms with Gasteiger partial charge >= 0.3 is 0 Å². The number of fused-ring (bicyclic) bond motifs is 1. The fraction of sp³-hybridized carbons (Fsp3) is 0.118. The molecule has 0 spiro atoms. The summed E-state index contributed by atoms with van der Waals surface area (Å²) < 4.78 is 22.5. The number of primary sulfonamides is 1. The van der Waals surface area contributed by atoms with Crippen molar-refractivity contribution in [1.29, 1.82) is 0 Å². The standard InChI is InChI=1S/C17H16N4O5S/c18-27(25,26)11-7-5-10(6-8-11)19-15(22)9-14-17(24)20-13-4-2-1-3-12(13)16(23)21-14/h1-8,14H,9H2,(H,19,22)(H,20,24)(H,21,23)(H2,18,25,26)/t14-/m0/s1. The van der Waals surface area contributed by atoms with E-state index in [4.69, 9.17) is 5.14 Å². The van der Waals surface area contributed by atoms with Gasteiger partial charge in [0.15, 0.2) is 0 Å². The van der Waals surface area contributed by atoms with Crippen LogP contribution in [-0.4, -0.2) is 32.2 Å². The van der Waals surface area contributed by atoms with Crippen LogP contribution >= 0.6 is 0 Å². The van der Waals surface area contributed by atoms with Crippen LogP contribution < -0.4 is 21.1 Å². The van der Waals surface area contributed by atoms with Gasteiger partial charge in [-0.3, -0.25) is 14.4 Å². The zero-order chi connectivity index (χ0) is 19.6. The third kappa shape index (κ3) is 4.30. The number of carbonyl (C=O) groups excluding carboxylic acids is 3. The first-order valence-electron chi connectivity index (χ1n) is 7.87. The van der Waals surface area contributed by atoms with Gasteiger partial charge in [-0.2, -0.15) is 0 Å². The van der Waals surface area contributed by atoms with Gasteiger partial charge in [0.25, 0.3) is 5.91 Å². The highest BCUT2D eigenvalue weighted by molar-refractivity contribution is 7.89. The van der Waals surface area contributed by atoms with E-state index in [-0.39, 0.29) is 11.3 Å². The van der Waals surface area contributed by atoms with Crippen LogP contribution in [0.5, 0.6) is 0 Å². The van der Waals surface area contributed by atoms with Crippen molar-refractivity contribution in [3.63, 3.8) is 0 Å². The molecule has 2 aromatic rings. The molecule has 2 aromatic carbocycles. The molecular formula is C17H16N4O5S. The zero-order valence-corrected chi connectivity index (χ0v) is 14.7. The van der Waals surface area contributed by atoms with Gasteiger partial charge in [0.1, 0.15) is 6.04 Å². The van der Waals surface area contributed by atoms with Crippen LogP contribution in [0.4, 0.5) is 11.4 Å². The van der Waals surface area contributed by atoms with E-state index in [9.17, 15) is 22.8 Å². The number of benzene rings is 2. The molecule has 140 valence electrons. The second-order valence-electron chi connectivity index (χ2n) is 5.88. The minimum absolute atomic E-state index is 0.0892. The van der Waals surface area contributed by atoms with E-state index in [0.29, 0.717) is 16.9 Å². The van der Waals surface area contributed by atoms with E-state index in [2.05, 4.69) is 16.0 Å². The van der Waals surface area contributed by atoms with Gasteiger partial charge in [-0.15, -0.1) is 0 Å². The Bertz CT molecular complexity index is 1020. The van der Waals surface area contributed by atoms with Crippen molar-refractivity contribution in [1.82, 2.24) is 5.32 Å². The van der Waals surface area contributed by atoms with Gasteiger partial charge in [0, 0.05) is 5.69 Å². The predicted molar refractivity (Wildman–Crippen MR) is 97.4 cm³/mol. The Morgan fingerprint density at radius 2 is 1.74 bits per heavy atom. The minimum Gasteiger partial charge on any atom is -0.340 e. The Kier molecular flexibility index (Phi) is 4.93. The van der Waals surface area contributed by atoms with Gasteiger partial charge in [0.2, 0.25) is 21.8 Å². The normalized spacial score (nSPS) is 16.6. The largest absolute Gasteiger partial charge is 0.340 e. The summed E-state index contributed by atoms with van der Waals surface area (Å²) in [6.07, 6.45) is -0.289. The van der Waals surface area contributed by atoms with E-state index < -0.39 is 33.8 Å². The van der Waals surface area contributed by atoms with E-state index in [1.165, 1.54) is 24.3 Å². The van der Waals surface area contributed by atoms with Crippen LogP contribution in [0, 0.1) is 0 Å². The highest BCUT2D eigenvalue weighted by Crippen LogP contribution is 2.19. The molecule has 27 heavy (non-hydrogen) atoms. The lowest BCUT2D eigenvalue weighted by Gasteiger charge is -2.14. The van der Waals surface area contributed by atoms with Crippen LogP contribution in [0.3, 0.4) is 0 Å². The fourth-order valence-corrected chi connectivity index (χ4v) is 3.10. The quantitative estimate of drug-likeness (QED) is 0.599. The lowest BCUT2D eigenvalue weighted by molar-refractivity contribution is -0.122. The van der Waals surface area contributed by atoms with E-state index in [1.807, 2.05) is 0 Å². The van der Waals surface area contributed by atoms with Crippen molar-refractivity contribution in [2.45, 2.75) is 17.4 Å². The lowest BCUT2D eigenvalue weighted by atomic mass is 10.1. The number of anilines is 2. The number of rotatable bonds is 4. The number of carbonyl (C=O) groups is 3. The summed E-state index contributed by atoms with van der Waals surface area (Å²) in [7, 11) is -3.83. The molecule has 9 nitrogen and oxygen atoms in total. The maximum absolute atomic E-state index is 12.3. The van der Waals surface area contributed by atoms with Crippen LogP contribution in [0.1, 0.15) is 16.8 Å². The predicted octanol–water partition coefficient (Wildman–Crippen LogP) is 0.413. The molecule has 0 unspecified atom stereocenters. The smallest absolute Gasteiger partial charge is 0.254 e. The van der Waals surface area contributed by atoms with Crippen molar-refractivity contribution in [2.24, 2.45) is 5.14 Å². The molecule has 1 aliphatic rings. The maximum Gasteiger partial charge on any atom is 0.254 e. The SMILES string of the molecule is NS(=O)(=O)c1ccc(NC(=O)C[C@@H]2NC(=O)c3ccccc3NC2=O)cc1. The van der Waals surface area contributed by atoms with E-state index in [1.54, 1.807) is 24.3 Å². The first-order valence-corrected chi connectivity index (χ1v) is 9.42. The number of nitrogens with two attached hydrogens (primary N) is 1. The second kappa shape index (κ2) is 7.17. The molecule has 0 saturated heterocycles. The Morgan fingerprint density at radius 3 is 2.41 bits per heavy atom. The molecule has 1 atom stereocenters. The van der Waals surface area contributed by atoms with Crippen molar-refractivity contribution < 1.29 is 22.8 Å². The van der Waals surface area contributed by atoms with Crippen molar-refractivity contribution in [3.05, 3.63) is 54.1 Å². The molecular weight excluding hydrogens is 372 g/mol. The summed E-state index contributed by atoms with van der Waals surface area (Å²) >= 11 is 0. The third-order valence-electron chi connectivity index (χ3n) is 3.91. The molecule has 10 heteroatoms.